The molecule has 1 heterocycles. The first-order valence-electron chi connectivity index (χ1n) is 10.7. The van der Waals surface area contributed by atoms with Gasteiger partial charge in [-0.15, -0.1) is 0 Å². The van der Waals surface area contributed by atoms with E-state index in [4.69, 9.17) is 11.6 Å². The Bertz CT molecular complexity index is 1430. The lowest BCUT2D eigenvalue weighted by Crippen LogP contribution is -2.24. The van der Waals surface area contributed by atoms with Crippen LogP contribution in [0.3, 0.4) is 0 Å². The highest BCUT2D eigenvalue weighted by molar-refractivity contribution is 7.95. The van der Waals surface area contributed by atoms with Crippen LogP contribution in [0, 0.1) is 0 Å². The van der Waals surface area contributed by atoms with Crippen molar-refractivity contribution in [2.75, 3.05) is 5.75 Å². The maximum Gasteiger partial charge on any atom is 0.203 e. The number of carbonyl (C=O) groups is 2. The molecular weight excluding hydrogens is 484 g/mol. The average Bonchev–Trinajstić information content (AvgIpc) is 3.08. The van der Waals surface area contributed by atoms with Gasteiger partial charge < -0.3 is 0 Å². The van der Waals surface area contributed by atoms with Crippen LogP contribution < -0.4 is 0 Å². The number of carbonyl (C=O) groups excluding carboxylic acids is 2. The van der Waals surface area contributed by atoms with Gasteiger partial charge in [0.15, 0.2) is 21.4 Å². The van der Waals surface area contributed by atoms with Gasteiger partial charge in [-0.2, -0.15) is 0 Å². The van der Waals surface area contributed by atoms with Crippen LogP contribution in [0.25, 0.3) is 0 Å². The minimum atomic E-state index is -4.12. The third-order valence-corrected chi connectivity index (χ3v) is 10.4. The standard InChI is InChI=1S/C24H23ClO6S2/c1-14(2)15-6-3-4-8-20(15)33(30,31)21-9-5-7-18(26)22(21)24(27)17-10-11-19-16(23(17)25)12-13-32(19,28)29/h3-4,6,8,10-11,14H,5,7,9,12-13H2,1-2H3. The second-order valence-corrected chi connectivity index (χ2v) is 13.0. The van der Waals surface area contributed by atoms with E-state index in [9.17, 15) is 26.4 Å². The van der Waals surface area contributed by atoms with Crippen molar-refractivity contribution in [3.63, 3.8) is 0 Å². The van der Waals surface area contributed by atoms with E-state index in [0.717, 1.165) is 0 Å². The van der Waals surface area contributed by atoms with Crippen LogP contribution in [0.1, 0.15) is 60.5 Å². The zero-order chi connectivity index (χ0) is 24.1. The lowest BCUT2D eigenvalue weighted by atomic mass is 9.91. The smallest absolute Gasteiger partial charge is 0.203 e. The van der Waals surface area contributed by atoms with Crippen molar-refractivity contribution < 1.29 is 26.4 Å². The molecule has 0 aromatic heterocycles. The Labute approximate surface area is 198 Å². The average molecular weight is 507 g/mol. The highest BCUT2D eigenvalue weighted by Gasteiger charge is 2.37. The van der Waals surface area contributed by atoms with E-state index < -0.39 is 31.2 Å². The van der Waals surface area contributed by atoms with E-state index in [1.54, 1.807) is 18.2 Å². The Morgan fingerprint density at radius 3 is 2.42 bits per heavy atom. The normalized spacial score (nSPS) is 18.0. The number of sulfone groups is 2. The van der Waals surface area contributed by atoms with Crippen LogP contribution in [0.5, 0.6) is 0 Å². The summed E-state index contributed by atoms with van der Waals surface area (Å²) in [6, 6.07) is 9.16. The SMILES string of the molecule is CC(C)c1ccccc1S(=O)(=O)C1=C(C(=O)c2ccc3c(c2Cl)CCS3(=O)=O)C(=O)CCC1. The molecule has 0 atom stereocenters. The zero-order valence-corrected chi connectivity index (χ0v) is 20.6. The molecule has 0 saturated carbocycles. The first-order chi connectivity index (χ1) is 15.5. The second-order valence-electron chi connectivity index (χ2n) is 8.57. The minimum absolute atomic E-state index is 0.0382. The van der Waals surface area contributed by atoms with E-state index in [0.29, 0.717) is 17.5 Å². The van der Waals surface area contributed by atoms with Crippen molar-refractivity contribution in [1.29, 1.82) is 0 Å². The largest absolute Gasteiger partial charge is 0.294 e. The highest BCUT2D eigenvalue weighted by atomic mass is 35.5. The lowest BCUT2D eigenvalue weighted by molar-refractivity contribution is -0.115. The highest BCUT2D eigenvalue weighted by Crippen LogP contribution is 2.39. The van der Waals surface area contributed by atoms with Crippen LogP contribution in [-0.2, 0) is 30.9 Å². The van der Waals surface area contributed by atoms with Gasteiger partial charge in [-0.25, -0.2) is 16.8 Å². The topological polar surface area (TPSA) is 102 Å². The Hall–Kier alpha value is -2.29. The Balaban J connectivity index is 1.91. The Morgan fingerprint density at radius 1 is 1.03 bits per heavy atom. The summed E-state index contributed by atoms with van der Waals surface area (Å²) in [5.74, 6) is -1.51. The molecule has 1 aliphatic carbocycles. The molecule has 2 aromatic carbocycles. The predicted octanol–water partition coefficient (Wildman–Crippen LogP) is 4.46. The summed E-state index contributed by atoms with van der Waals surface area (Å²) >= 11 is 6.42. The molecule has 9 heteroatoms. The maximum absolute atomic E-state index is 13.7. The summed E-state index contributed by atoms with van der Waals surface area (Å²) in [7, 11) is -7.58. The van der Waals surface area contributed by atoms with E-state index >= 15 is 0 Å². The molecule has 1 aliphatic heterocycles. The van der Waals surface area contributed by atoms with Crippen molar-refractivity contribution in [2.24, 2.45) is 0 Å². The third kappa shape index (κ3) is 3.98. The monoisotopic (exact) mass is 506 g/mol. The summed E-state index contributed by atoms with van der Waals surface area (Å²) in [5, 5.41) is -0.0382. The van der Waals surface area contributed by atoms with Gasteiger partial charge in [-0.05, 0) is 54.5 Å². The number of ketones is 2. The van der Waals surface area contributed by atoms with E-state index in [1.165, 1.54) is 18.2 Å². The molecule has 6 nitrogen and oxygen atoms in total. The molecule has 0 saturated heterocycles. The zero-order valence-electron chi connectivity index (χ0n) is 18.2. The fraction of sp³-hybridized carbons (Fsp3) is 0.333. The molecule has 2 aliphatic rings. The van der Waals surface area contributed by atoms with Gasteiger partial charge in [0.05, 0.1) is 31.0 Å². The predicted molar refractivity (Wildman–Crippen MR) is 125 cm³/mol. The van der Waals surface area contributed by atoms with Crippen LogP contribution >= 0.6 is 11.6 Å². The van der Waals surface area contributed by atoms with E-state index in [1.807, 2.05) is 13.8 Å². The van der Waals surface area contributed by atoms with Crippen molar-refractivity contribution in [3.05, 3.63) is 68.6 Å². The van der Waals surface area contributed by atoms with Crippen LogP contribution in [0.4, 0.5) is 0 Å². The summed E-state index contributed by atoms with van der Waals surface area (Å²) in [6.07, 6.45) is 0.614. The minimum Gasteiger partial charge on any atom is -0.294 e. The second kappa shape index (κ2) is 8.49. The molecule has 0 unspecified atom stereocenters. The van der Waals surface area contributed by atoms with Crippen LogP contribution in [0.15, 0.2) is 56.7 Å². The maximum atomic E-state index is 13.7. The Kier molecular flexibility index (Phi) is 6.14. The number of halogens is 1. The van der Waals surface area contributed by atoms with Crippen molar-refractivity contribution in [3.8, 4) is 0 Å². The van der Waals surface area contributed by atoms with Gasteiger partial charge >= 0.3 is 0 Å². The number of fused-ring (bicyclic) bond motifs is 1. The lowest BCUT2D eigenvalue weighted by Gasteiger charge is -2.21. The molecule has 0 radical (unpaired) electrons. The van der Waals surface area contributed by atoms with Crippen LogP contribution in [-0.4, -0.2) is 34.2 Å². The number of hydrogen-bond donors (Lipinski definition) is 0. The molecule has 2 aromatic rings. The Morgan fingerprint density at radius 2 is 1.73 bits per heavy atom. The number of rotatable bonds is 5. The van der Waals surface area contributed by atoms with Gasteiger partial charge in [-0.1, -0.05) is 43.6 Å². The molecule has 33 heavy (non-hydrogen) atoms. The molecule has 0 bridgehead atoms. The number of allylic oxidation sites excluding steroid dienone is 2. The summed E-state index contributed by atoms with van der Waals surface area (Å²) in [4.78, 5) is 26.4. The van der Waals surface area contributed by atoms with Crippen molar-refractivity contribution in [2.45, 2.75) is 55.2 Å². The number of Topliss-reactive ketones (excluding diaryl/α,β-unsaturated/α-hetero) is 2. The number of hydrogen-bond acceptors (Lipinski definition) is 6. The number of benzene rings is 2. The van der Waals surface area contributed by atoms with Gasteiger partial charge in [0.1, 0.15) is 0 Å². The molecule has 0 N–H and O–H groups in total. The quantitative estimate of drug-likeness (QED) is 0.438. The van der Waals surface area contributed by atoms with Gasteiger partial charge in [0.2, 0.25) is 9.84 Å². The first-order valence-corrected chi connectivity index (χ1v) is 14.2. The molecule has 174 valence electrons. The fourth-order valence-electron chi connectivity index (χ4n) is 4.46. The summed E-state index contributed by atoms with van der Waals surface area (Å²) in [5.41, 5.74) is 0.515. The molecule has 0 fully saturated rings. The van der Waals surface area contributed by atoms with Gasteiger partial charge in [0.25, 0.3) is 0 Å². The van der Waals surface area contributed by atoms with E-state index in [2.05, 4.69) is 0 Å². The third-order valence-electron chi connectivity index (χ3n) is 6.15. The van der Waals surface area contributed by atoms with Gasteiger partial charge in [-0.3, -0.25) is 9.59 Å². The first kappa shape index (κ1) is 23.9. The van der Waals surface area contributed by atoms with Crippen molar-refractivity contribution >= 4 is 42.8 Å². The van der Waals surface area contributed by atoms with E-state index in [-0.39, 0.29) is 61.8 Å². The molecule has 0 spiro atoms. The summed E-state index contributed by atoms with van der Waals surface area (Å²) in [6.45, 7) is 3.75. The fourth-order valence-corrected chi connectivity index (χ4v) is 8.43. The van der Waals surface area contributed by atoms with Crippen LogP contribution in [0.2, 0.25) is 5.02 Å². The van der Waals surface area contributed by atoms with Crippen molar-refractivity contribution in [1.82, 2.24) is 0 Å². The molecule has 0 amide bonds. The molecule has 4 rings (SSSR count). The summed E-state index contributed by atoms with van der Waals surface area (Å²) < 4.78 is 51.7. The molecular formula is C24H23ClO6S2. The van der Waals surface area contributed by atoms with Gasteiger partial charge in [0, 0.05) is 12.0 Å².